The maximum atomic E-state index is 12.0. The van der Waals surface area contributed by atoms with Crippen LogP contribution in [0.1, 0.15) is 37.8 Å². The van der Waals surface area contributed by atoms with Gasteiger partial charge in [0, 0.05) is 5.69 Å². The lowest BCUT2D eigenvalue weighted by Gasteiger charge is -2.12. The Morgan fingerprint density at radius 1 is 1.12 bits per heavy atom. The van der Waals surface area contributed by atoms with E-state index in [2.05, 4.69) is 19.2 Å². The molecule has 0 aliphatic rings. The molecule has 1 N–H and O–H groups in total. The van der Waals surface area contributed by atoms with Crippen molar-refractivity contribution in [1.82, 2.24) is 0 Å². The second-order valence-electron chi connectivity index (χ2n) is 6.44. The summed E-state index contributed by atoms with van der Waals surface area (Å²) < 4.78 is 29.1. The highest BCUT2D eigenvalue weighted by Gasteiger charge is 2.12. The first kappa shape index (κ1) is 20.0. The number of anilines is 1. The Kier molecular flexibility index (Phi) is 6.42. The van der Waals surface area contributed by atoms with Crippen LogP contribution in [0.25, 0.3) is 0 Å². The molecule has 1 amide bonds. The first-order valence-electron chi connectivity index (χ1n) is 8.59. The second kappa shape index (κ2) is 8.36. The van der Waals surface area contributed by atoms with Crippen molar-refractivity contribution in [3.8, 4) is 5.75 Å². The van der Waals surface area contributed by atoms with Gasteiger partial charge in [0.1, 0.15) is 5.75 Å². The third-order valence-corrected chi connectivity index (χ3v) is 5.86. The third-order valence-electron chi connectivity index (χ3n) is 4.11. The van der Waals surface area contributed by atoms with Crippen molar-refractivity contribution in [2.24, 2.45) is 0 Å². The van der Waals surface area contributed by atoms with Gasteiger partial charge in [0.25, 0.3) is 5.91 Å². The molecule has 2 rings (SSSR count). The molecule has 140 valence electrons. The zero-order valence-corrected chi connectivity index (χ0v) is 16.4. The number of amides is 1. The minimum atomic E-state index is -3.24. The fourth-order valence-electron chi connectivity index (χ4n) is 2.64. The van der Waals surface area contributed by atoms with Crippen molar-refractivity contribution in [1.29, 1.82) is 0 Å². The van der Waals surface area contributed by atoms with Gasteiger partial charge in [-0.15, -0.1) is 0 Å². The van der Waals surface area contributed by atoms with Gasteiger partial charge < -0.3 is 10.1 Å². The van der Waals surface area contributed by atoms with Gasteiger partial charge in [-0.1, -0.05) is 26.8 Å². The first-order valence-corrected chi connectivity index (χ1v) is 10.2. The third kappa shape index (κ3) is 5.08. The van der Waals surface area contributed by atoms with E-state index in [-0.39, 0.29) is 23.2 Å². The molecular weight excluding hydrogens is 350 g/mol. The van der Waals surface area contributed by atoms with Crippen LogP contribution in [-0.2, 0) is 14.6 Å². The molecule has 0 aromatic heterocycles. The van der Waals surface area contributed by atoms with Crippen LogP contribution in [0.5, 0.6) is 5.75 Å². The minimum absolute atomic E-state index is 0.0432. The lowest BCUT2D eigenvalue weighted by atomic mass is 9.98. The van der Waals surface area contributed by atoms with Gasteiger partial charge in [-0.3, -0.25) is 4.79 Å². The lowest BCUT2D eigenvalue weighted by Crippen LogP contribution is -2.20. The standard InChI is InChI=1S/C20H25NO4S/c1-5-26(23,24)18-9-6-16(7-10-18)21-20(22)13-25-17-8-11-19(14(2)3)15(4)12-17/h6-12,14H,5,13H2,1-4H3,(H,21,22). The Bertz CT molecular complexity index is 871. The van der Waals surface area contributed by atoms with Crippen LogP contribution < -0.4 is 10.1 Å². The Morgan fingerprint density at radius 3 is 2.31 bits per heavy atom. The van der Waals surface area contributed by atoms with Crippen molar-refractivity contribution >= 4 is 21.4 Å². The number of sulfone groups is 1. The van der Waals surface area contributed by atoms with E-state index < -0.39 is 9.84 Å². The fourth-order valence-corrected chi connectivity index (χ4v) is 3.53. The summed E-state index contributed by atoms with van der Waals surface area (Å²) in [6.45, 7) is 7.77. The average molecular weight is 375 g/mol. The molecular formula is C20H25NO4S. The molecule has 6 heteroatoms. The van der Waals surface area contributed by atoms with Crippen molar-refractivity contribution in [2.75, 3.05) is 17.7 Å². The van der Waals surface area contributed by atoms with Gasteiger partial charge in [0.15, 0.2) is 16.4 Å². The molecule has 0 aliphatic carbocycles. The van der Waals surface area contributed by atoms with Crippen molar-refractivity contribution in [3.05, 3.63) is 53.6 Å². The highest BCUT2D eigenvalue weighted by atomic mass is 32.2. The normalized spacial score (nSPS) is 11.4. The van der Waals surface area contributed by atoms with Crippen LogP contribution in [0, 0.1) is 6.92 Å². The predicted octanol–water partition coefficient (Wildman–Crippen LogP) is 3.93. The molecule has 0 heterocycles. The quantitative estimate of drug-likeness (QED) is 0.796. The molecule has 2 aromatic carbocycles. The molecule has 0 fully saturated rings. The van der Waals surface area contributed by atoms with E-state index in [0.717, 1.165) is 5.56 Å². The second-order valence-corrected chi connectivity index (χ2v) is 8.72. The van der Waals surface area contributed by atoms with Crippen LogP contribution in [0.4, 0.5) is 5.69 Å². The number of aryl methyl sites for hydroxylation is 1. The van der Waals surface area contributed by atoms with Gasteiger partial charge >= 0.3 is 0 Å². The van der Waals surface area contributed by atoms with Crippen LogP contribution in [0.2, 0.25) is 0 Å². The van der Waals surface area contributed by atoms with E-state index >= 15 is 0 Å². The summed E-state index contributed by atoms with van der Waals surface area (Å²) >= 11 is 0. The molecule has 5 nitrogen and oxygen atoms in total. The molecule has 0 bridgehead atoms. The van der Waals surface area contributed by atoms with Crippen molar-refractivity contribution in [2.45, 2.75) is 38.5 Å². The number of ether oxygens (including phenoxy) is 1. The molecule has 0 saturated heterocycles. The van der Waals surface area contributed by atoms with Gasteiger partial charge in [0.2, 0.25) is 0 Å². The van der Waals surface area contributed by atoms with Crippen molar-refractivity contribution < 1.29 is 17.9 Å². The van der Waals surface area contributed by atoms with E-state index in [9.17, 15) is 13.2 Å². The average Bonchev–Trinajstić information content (AvgIpc) is 2.60. The summed E-state index contributed by atoms with van der Waals surface area (Å²) in [5.74, 6) is 0.821. The molecule has 0 unspecified atom stereocenters. The Morgan fingerprint density at radius 2 is 1.77 bits per heavy atom. The number of rotatable bonds is 7. The minimum Gasteiger partial charge on any atom is -0.484 e. The summed E-state index contributed by atoms with van der Waals surface area (Å²) in [5, 5.41) is 2.69. The Balaban J connectivity index is 1.94. The maximum absolute atomic E-state index is 12.0. The first-order chi connectivity index (χ1) is 12.2. The van der Waals surface area contributed by atoms with E-state index in [0.29, 0.717) is 17.4 Å². The van der Waals surface area contributed by atoms with Crippen LogP contribution >= 0.6 is 0 Å². The zero-order valence-electron chi connectivity index (χ0n) is 15.6. The maximum Gasteiger partial charge on any atom is 0.262 e. The van der Waals surface area contributed by atoms with E-state index in [4.69, 9.17) is 4.74 Å². The van der Waals surface area contributed by atoms with Crippen LogP contribution in [0.15, 0.2) is 47.4 Å². The number of hydrogen-bond acceptors (Lipinski definition) is 4. The highest BCUT2D eigenvalue weighted by Crippen LogP contribution is 2.23. The molecule has 0 aliphatic heterocycles. The van der Waals surface area contributed by atoms with E-state index in [1.54, 1.807) is 19.1 Å². The topological polar surface area (TPSA) is 72.5 Å². The number of carbonyl (C=O) groups is 1. The largest absolute Gasteiger partial charge is 0.484 e. The van der Waals surface area contributed by atoms with Gasteiger partial charge in [-0.2, -0.15) is 0 Å². The van der Waals surface area contributed by atoms with Gasteiger partial charge in [0.05, 0.1) is 10.6 Å². The zero-order chi connectivity index (χ0) is 19.3. The predicted molar refractivity (Wildman–Crippen MR) is 104 cm³/mol. The summed E-state index contributed by atoms with van der Waals surface area (Å²) in [4.78, 5) is 12.3. The Labute approximate surface area is 155 Å². The summed E-state index contributed by atoms with van der Waals surface area (Å²) in [6.07, 6.45) is 0. The number of benzene rings is 2. The number of hydrogen-bond donors (Lipinski definition) is 1. The SMILES string of the molecule is CCS(=O)(=O)c1ccc(NC(=O)COc2ccc(C(C)C)c(C)c2)cc1. The van der Waals surface area contributed by atoms with Gasteiger partial charge in [-0.25, -0.2) is 8.42 Å². The fraction of sp³-hybridized carbons (Fsp3) is 0.350. The highest BCUT2D eigenvalue weighted by molar-refractivity contribution is 7.91. The van der Waals surface area contributed by atoms with Crippen LogP contribution in [-0.4, -0.2) is 26.7 Å². The molecule has 0 spiro atoms. The summed E-state index contributed by atoms with van der Waals surface area (Å²) in [5.41, 5.74) is 2.91. The number of carbonyl (C=O) groups excluding carboxylic acids is 1. The van der Waals surface area contributed by atoms with E-state index in [1.165, 1.54) is 17.7 Å². The van der Waals surface area contributed by atoms with Crippen LogP contribution in [0.3, 0.4) is 0 Å². The Hall–Kier alpha value is -2.34. The number of nitrogens with one attached hydrogen (secondary N) is 1. The molecule has 2 aromatic rings. The summed E-state index contributed by atoms with van der Waals surface area (Å²) in [6, 6.07) is 11.9. The molecule has 0 radical (unpaired) electrons. The smallest absolute Gasteiger partial charge is 0.262 e. The van der Waals surface area contributed by atoms with E-state index in [1.807, 2.05) is 25.1 Å². The molecule has 26 heavy (non-hydrogen) atoms. The molecule has 0 atom stereocenters. The van der Waals surface area contributed by atoms with Gasteiger partial charge in [-0.05, 0) is 60.4 Å². The molecule has 0 saturated carbocycles. The monoisotopic (exact) mass is 375 g/mol. The van der Waals surface area contributed by atoms with Crippen molar-refractivity contribution in [3.63, 3.8) is 0 Å². The lowest BCUT2D eigenvalue weighted by molar-refractivity contribution is -0.118. The summed E-state index contributed by atoms with van der Waals surface area (Å²) in [7, 11) is -3.24.